The van der Waals surface area contributed by atoms with Gasteiger partial charge in [0.25, 0.3) is 0 Å². The molecule has 3 rings (SSSR count). The van der Waals surface area contributed by atoms with Crippen LogP contribution in [0.3, 0.4) is 0 Å². The van der Waals surface area contributed by atoms with Crippen LogP contribution in [-0.4, -0.2) is 6.61 Å². The topological polar surface area (TPSA) is 9.23 Å². The molecule has 0 unspecified atom stereocenters. The monoisotopic (exact) mass is 222 g/mol. The van der Waals surface area contributed by atoms with Gasteiger partial charge in [0.05, 0.1) is 6.61 Å². The van der Waals surface area contributed by atoms with Crippen molar-refractivity contribution in [1.29, 1.82) is 0 Å². The molecule has 1 heteroatoms. The molecule has 0 atom stereocenters. The van der Waals surface area contributed by atoms with E-state index in [9.17, 15) is 0 Å². The minimum atomic E-state index is 0.786. The van der Waals surface area contributed by atoms with Crippen LogP contribution in [0.25, 0.3) is 11.3 Å². The lowest BCUT2D eigenvalue weighted by molar-refractivity contribution is 0.307. The first kappa shape index (κ1) is 10.2. The zero-order valence-electron chi connectivity index (χ0n) is 9.60. The van der Waals surface area contributed by atoms with Gasteiger partial charge in [-0.05, 0) is 5.56 Å². The molecule has 0 aliphatic carbocycles. The van der Waals surface area contributed by atoms with Gasteiger partial charge in [0.2, 0.25) is 0 Å². The molecule has 0 amide bonds. The molecule has 1 nitrogen and oxygen atoms in total. The maximum absolute atomic E-state index is 5.79. The Balaban J connectivity index is 2.08. The molecule has 2 aromatic rings. The molecule has 0 saturated heterocycles. The van der Waals surface area contributed by atoms with E-state index in [1.165, 1.54) is 16.7 Å². The highest BCUT2D eigenvalue weighted by atomic mass is 16.5. The Hall–Kier alpha value is -2.02. The highest BCUT2D eigenvalue weighted by Crippen LogP contribution is 2.34. The van der Waals surface area contributed by atoms with E-state index in [-0.39, 0.29) is 0 Å². The molecular formula is C16H14O. The third-order valence-corrected chi connectivity index (χ3v) is 3.03. The van der Waals surface area contributed by atoms with Crippen molar-refractivity contribution in [2.45, 2.75) is 6.42 Å². The SMILES string of the molecule is c1ccc(C2=C(c3ccccc3)OCC2)cc1. The van der Waals surface area contributed by atoms with Crippen LogP contribution in [0.5, 0.6) is 0 Å². The molecule has 0 radical (unpaired) electrons. The quantitative estimate of drug-likeness (QED) is 0.747. The van der Waals surface area contributed by atoms with Crippen molar-refractivity contribution in [3.63, 3.8) is 0 Å². The Morgan fingerprint density at radius 2 is 1.29 bits per heavy atom. The minimum absolute atomic E-state index is 0.786. The molecule has 1 aliphatic rings. The zero-order valence-corrected chi connectivity index (χ0v) is 9.60. The highest BCUT2D eigenvalue weighted by Gasteiger charge is 2.18. The summed E-state index contributed by atoms with van der Waals surface area (Å²) in [5.74, 6) is 1.04. The maximum Gasteiger partial charge on any atom is 0.130 e. The molecular weight excluding hydrogens is 208 g/mol. The van der Waals surface area contributed by atoms with Gasteiger partial charge >= 0.3 is 0 Å². The number of benzene rings is 2. The van der Waals surface area contributed by atoms with Gasteiger partial charge in [-0.3, -0.25) is 0 Å². The van der Waals surface area contributed by atoms with Crippen molar-refractivity contribution in [3.05, 3.63) is 71.8 Å². The van der Waals surface area contributed by atoms with Crippen molar-refractivity contribution in [3.8, 4) is 0 Å². The minimum Gasteiger partial charge on any atom is -0.492 e. The number of rotatable bonds is 2. The molecule has 17 heavy (non-hydrogen) atoms. The summed E-state index contributed by atoms with van der Waals surface area (Å²) >= 11 is 0. The van der Waals surface area contributed by atoms with Gasteiger partial charge in [0.1, 0.15) is 5.76 Å². The van der Waals surface area contributed by atoms with E-state index in [0.717, 1.165) is 18.8 Å². The Kier molecular flexibility index (Phi) is 2.66. The second-order valence-corrected chi connectivity index (χ2v) is 4.14. The third kappa shape index (κ3) is 1.96. The Morgan fingerprint density at radius 3 is 1.94 bits per heavy atom. The van der Waals surface area contributed by atoms with E-state index >= 15 is 0 Å². The van der Waals surface area contributed by atoms with E-state index in [0.29, 0.717) is 0 Å². The van der Waals surface area contributed by atoms with Crippen LogP contribution in [0.4, 0.5) is 0 Å². The summed E-state index contributed by atoms with van der Waals surface area (Å²) in [6.07, 6.45) is 0.994. The molecule has 0 spiro atoms. The average molecular weight is 222 g/mol. The lowest BCUT2D eigenvalue weighted by Gasteiger charge is -2.06. The Bertz CT molecular complexity index is 476. The predicted molar refractivity (Wildman–Crippen MR) is 70.3 cm³/mol. The zero-order chi connectivity index (χ0) is 11.5. The largest absolute Gasteiger partial charge is 0.492 e. The summed E-state index contributed by atoms with van der Waals surface area (Å²) in [6.45, 7) is 0.786. The van der Waals surface area contributed by atoms with Crippen LogP contribution in [0, 0.1) is 0 Å². The second-order valence-electron chi connectivity index (χ2n) is 4.14. The van der Waals surface area contributed by atoms with Gasteiger partial charge in [-0.25, -0.2) is 0 Å². The molecule has 0 fully saturated rings. The average Bonchev–Trinajstić information content (AvgIpc) is 2.90. The lowest BCUT2D eigenvalue weighted by Crippen LogP contribution is -1.87. The fraction of sp³-hybridized carbons (Fsp3) is 0.125. The highest BCUT2D eigenvalue weighted by molar-refractivity contribution is 5.89. The summed E-state index contributed by atoms with van der Waals surface area (Å²) in [5.41, 5.74) is 3.75. The van der Waals surface area contributed by atoms with Crippen molar-refractivity contribution >= 4 is 11.3 Å². The fourth-order valence-corrected chi connectivity index (χ4v) is 2.22. The van der Waals surface area contributed by atoms with E-state index in [2.05, 4.69) is 36.4 Å². The molecule has 2 aromatic carbocycles. The molecule has 0 saturated carbocycles. The van der Waals surface area contributed by atoms with Crippen LogP contribution in [-0.2, 0) is 4.74 Å². The molecule has 1 aliphatic heterocycles. The summed E-state index contributed by atoms with van der Waals surface area (Å²) in [6, 6.07) is 20.8. The Morgan fingerprint density at radius 1 is 0.706 bits per heavy atom. The normalized spacial score (nSPS) is 14.8. The Labute approximate surface area is 101 Å². The van der Waals surface area contributed by atoms with E-state index in [1.54, 1.807) is 0 Å². The molecule has 84 valence electrons. The lowest BCUT2D eigenvalue weighted by atomic mass is 10.0. The summed E-state index contributed by atoms with van der Waals surface area (Å²) in [5, 5.41) is 0. The predicted octanol–water partition coefficient (Wildman–Crippen LogP) is 3.98. The van der Waals surface area contributed by atoms with Gasteiger partial charge < -0.3 is 4.74 Å². The van der Waals surface area contributed by atoms with Gasteiger partial charge in [-0.1, -0.05) is 60.7 Å². The van der Waals surface area contributed by atoms with Crippen molar-refractivity contribution in [2.24, 2.45) is 0 Å². The summed E-state index contributed by atoms with van der Waals surface area (Å²) in [7, 11) is 0. The standard InChI is InChI=1S/C16H14O/c1-3-7-13(8-4-1)15-11-12-17-16(15)14-9-5-2-6-10-14/h1-10H,11-12H2. The van der Waals surface area contributed by atoms with Crippen LogP contribution in [0.15, 0.2) is 60.7 Å². The van der Waals surface area contributed by atoms with Crippen LogP contribution < -0.4 is 0 Å². The first-order valence-corrected chi connectivity index (χ1v) is 5.92. The summed E-state index contributed by atoms with van der Waals surface area (Å²) in [4.78, 5) is 0. The number of hydrogen-bond acceptors (Lipinski definition) is 1. The molecule has 0 N–H and O–H groups in total. The third-order valence-electron chi connectivity index (χ3n) is 3.03. The molecule has 0 aromatic heterocycles. The number of ether oxygens (including phenoxy) is 1. The van der Waals surface area contributed by atoms with Gasteiger partial charge in [0.15, 0.2) is 0 Å². The van der Waals surface area contributed by atoms with Gasteiger partial charge in [-0.15, -0.1) is 0 Å². The van der Waals surface area contributed by atoms with Crippen LogP contribution >= 0.6 is 0 Å². The van der Waals surface area contributed by atoms with E-state index in [1.807, 2.05) is 24.3 Å². The van der Waals surface area contributed by atoms with Gasteiger partial charge in [-0.2, -0.15) is 0 Å². The second kappa shape index (κ2) is 4.46. The smallest absolute Gasteiger partial charge is 0.130 e. The summed E-state index contributed by atoms with van der Waals surface area (Å²) < 4.78 is 5.79. The number of hydrogen-bond donors (Lipinski definition) is 0. The molecule has 1 heterocycles. The van der Waals surface area contributed by atoms with Crippen molar-refractivity contribution in [1.82, 2.24) is 0 Å². The van der Waals surface area contributed by atoms with E-state index < -0.39 is 0 Å². The maximum atomic E-state index is 5.79. The first-order chi connectivity index (χ1) is 8.45. The van der Waals surface area contributed by atoms with Gasteiger partial charge in [0, 0.05) is 17.6 Å². The first-order valence-electron chi connectivity index (χ1n) is 5.92. The fourth-order valence-electron chi connectivity index (χ4n) is 2.22. The van der Waals surface area contributed by atoms with Crippen LogP contribution in [0.2, 0.25) is 0 Å². The van der Waals surface area contributed by atoms with Crippen molar-refractivity contribution < 1.29 is 4.74 Å². The van der Waals surface area contributed by atoms with Crippen LogP contribution in [0.1, 0.15) is 17.5 Å². The molecule has 0 bridgehead atoms. The van der Waals surface area contributed by atoms with E-state index in [4.69, 9.17) is 4.74 Å². The van der Waals surface area contributed by atoms with Crippen molar-refractivity contribution in [2.75, 3.05) is 6.61 Å².